The lowest BCUT2D eigenvalue weighted by Crippen LogP contribution is -2.61. The second-order valence-corrected chi connectivity index (χ2v) is 9.15. The number of fused-ring (bicyclic) bond motifs is 1. The molecule has 2 amide bonds. The summed E-state index contributed by atoms with van der Waals surface area (Å²) in [5, 5.41) is 0.457. The lowest BCUT2D eigenvalue weighted by Gasteiger charge is -2.44. The molecule has 2 atom stereocenters. The predicted molar refractivity (Wildman–Crippen MR) is 95.3 cm³/mol. The van der Waals surface area contributed by atoms with Crippen LogP contribution in [0.15, 0.2) is 24.3 Å². The minimum Gasteiger partial charge on any atom is -0.335 e. The number of piperazine rings is 1. The van der Waals surface area contributed by atoms with Crippen LogP contribution in [0.4, 0.5) is 0 Å². The van der Waals surface area contributed by atoms with E-state index in [0.717, 1.165) is 0 Å². The van der Waals surface area contributed by atoms with Gasteiger partial charge in [0.05, 0.1) is 23.6 Å². The van der Waals surface area contributed by atoms with Crippen LogP contribution in [0.25, 0.3) is 0 Å². The smallest absolute Gasteiger partial charge is 0.254 e. The van der Waals surface area contributed by atoms with E-state index < -0.39 is 21.9 Å². The summed E-state index contributed by atoms with van der Waals surface area (Å²) in [6.45, 7) is 2.61. The standard InChI is InChI=1S/C17H21ClN2O4S/c1-2-4-16(21)19-7-8-20(15-11-25(23,24)10-14(15)19)17(22)12-5-3-6-13(18)9-12/h3,5-6,9,14-15H,2,4,7-8,10-11H2,1H3/t14-,15+/m0/s1. The molecule has 136 valence electrons. The zero-order valence-electron chi connectivity index (χ0n) is 14.0. The third kappa shape index (κ3) is 3.67. The quantitative estimate of drug-likeness (QED) is 0.793. The average Bonchev–Trinajstić information content (AvgIpc) is 2.88. The van der Waals surface area contributed by atoms with Crippen LogP contribution in [0.1, 0.15) is 30.1 Å². The van der Waals surface area contributed by atoms with Crippen molar-refractivity contribution in [1.29, 1.82) is 0 Å². The van der Waals surface area contributed by atoms with Gasteiger partial charge in [-0.25, -0.2) is 8.42 Å². The first kappa shape index (κ1) is 18.2. The molecule has 2 saturated heterocycles. The van der Waals surface area contributed by atoms with Gasteiger partial charge >= 0.3 is 0 Å². The van der Waals surface area contributed by atoms with E-state index in [-0.39, 0.29) is 23.3 Å². The molecule has 0 N–H and O–H groups in total. The van der Waals surface area contributed by atoms with Gasteiger partial charge in [-0.2, -0.15) is 0 Å². The number of benzene rings is 1. The predicted octanol–water partition coefficient (Wildman–Crippen LogP) is 1.59. The van der Waals surface area contributed by atoms with Crippen LogP contribution in [-0.4, -0.2) is 66.7 Å². The van der Waals surface area contributed by atoms with Gasteiger partial charge in [0.1, 0.15) is 0 Å². The van der Waals surface area contributed by atoms with Gasteiger partial charge in [0.2, 0.25) is 5.91 Å². The van der Waals surface area contributed by atoms with Crippen LogP contribution < -0.4 is 0 Å². The number of hydrogen-bond donors (Lipinski definition) is 0. The maximum absolute atomic E-state index is 12.9. The number of halogens is 1. The summed E-state index contributed by atoms with van der Waals surface area (Å²) in [7, 11) is -3.28. The number of nitrogens with zero attached hydrogens (tertiary/aromatic N) is 2. The van der Waals surface area contributed by atoms with Gasteiger partial charge in [0.15, 0.2) is 9.84 Å². The molecule has 2 aliphatic heterocycles. The Balaban J connectivity index is 1.88. The van der Waals surface area contributed by atoms with E-state index in [1.807, 2.05) is 6.92 Å². The summed E-state index contributed by atoms with van der Waals surface area (Å²) < 4.78 is 24.4. The van der Waals surface area contributed by atoms with Crippen molar-refractivity contribution in [2.75, 3.05) is 24.6 Å². The van der Waals surface area contributed by atoms with Crippen LogP contribution >= 0.6 is 11.6 Å². The van der Waals surface area contributed by atoms with Crippen LogP contribution in [0.3, 0.4) is 0 Å². The Kier molecular flexibility index (Phi) is 5.06. The van der Waals surface area contributed by atoms with Crippen molar-refractivity contribution in [3.8, 4) is 0 Å². The van der Waals surface area contributed by atoms with Crippen LogP contribution in [0.2, 0.25) is 5.02 Å². The molecule has 3 rings (SSSR count). The Hall–Kier alpha value is -1.60. The zero-order chi connectivity index (χ0) is 18.2. The Morgan fingerprint density at radius 3 is 2.44 bits per heavy atom. The van der Waals surface area contributed by atoms with Crippen molar-refractivity contribution in [2.45, 2.75) is 31.8 Å². The first-order chi connectivity index (χ1) is 11.8. The molecule has 0 aromatic heterocycles. The van der Waals surface area contributed by atoms with Crippen molar-refractivity contribution in [3.63, 3.8) is 0 Å². The molecule has 6 nitrogen and oxygen atoms in total. The summed E-state index contributed by atoms with van der Waals surface area (Å²) in [6, 6.07) is 5.67. The van der Waals surface area contributed by atoms with Crippen molar-refractivity contribution in [3.05, 3.63) is 34.9 Å². The molecule has 0 unspecified atom stereocenters. The van der Waals surface area contributed by atoms with Crippen molar-refractivity contribution < 1.29 is 18.0 Å². The third-order valence-corrected chi connectivity index (χ3v) is 6.73. The number of carbonyl (C=O) groups is 2. The molecule has 0 bridgehead atoms. The molecule has 0 spiro atoms. The van der Waals surface area contributed by atoms with Gasteiger partial charge in [0.25, 0.3) is 5.91 Å². The highest BCUT2D eigenvalue weighted by Gasteiger charge is 2.49. The van der Waals surface area contributed by atoms with Gasteiger partial charge in [0, 0.05) is 30.1 Å². The highest BCUT2D eigenvalue weighted by atomic mass is 35.5. The number of amides is 2. The number of rotatable bonds is 3. The van der Waals surface area contributed by atoms with E-state index in [1.165, 1.54) is 0 Å². The molecule has 0 saturated carbocycles. The molecule has 0 radical (unpaired) electrons. The molecular formula is C17H21ClN2O4S. The lowest BCUT2D eigenvalue weighted by atomic mass is 10.0. The van der Waals surface area contributed by atoms with Crippen LogP contribution in [0, 0.1) is 0 Å². The largest absolute Gasteiger partial charge is 0.335 e. The number of carbonyl (C=O) groups excluding carboxylic acids is 2. The fraction of sp³-hybridized carbons (Fsp3) is 0.529. The Bertz CT molecular complexity index is 796. The summed E-state index contributed by atoms with van der Waals surface area (Å²) in [5.74, 6) is -0.451. The van der Waals surface area contributed by atoms with E-state index in [2.05, 4.69) is 0 Å². The van der Waals surface area contributed by atoms with Gasteiger partial charge in [-0.15, -0.1) is 0 Å². The van der Waals surface area contributed by atoms with Gasteiger partial charge in [-0.05, 0) is 24.6 Å². The highest BCUT2D eigenvalue weighted by molar-refractivity contribution is 7.91. The minimum absolute atomic E-state index is 0.0375. The maximum atomic E-state index is 12.9. The molecule has 25 heavy (non-hydrogen) atoms. The lowest BCUT2D eigenvalue weighted by molar-refractivity contribution is -0.136. The Morgan fingerprint density at radius 1 is 1.16 bits per heavy atom. The topological polar surface area (TPSA) is 74.8 Å². The van der Waals surface area contributed by atoms with E-state index in [9.17, 15) is 18.0 Å². The Morgan fingerprint density at radius 2 is 1.80 bits per heavy atom. The zero-order valence-corrected chi connectivity index (χ0v) is 15.6. The van der Waals surface area contributed by atoms with Gasteiger partial charge in [-0.3, -0.25) is 9.59 Å². The van der Waals surface area contributed by atoms with Crippen molar-refractivity contribution in [2.24, 2.45) is 0 Å². The number of hydrogen-bond acceptors (Lipinski definition) is 4. The second-order valence-electron chi connectivity index (χ2n) is 6.56. The molecule has 1 aromatic carbocycles. The summed E-state index contributed by atoms with van der Waals surface area (Å²) in [5.41, 5.74) is 0.434. The molecule has 0 aliphatic carbocycles. The van der Waals surface area contributed by atoms with E-state index in [0.29, 0.717) is 36.5 Å². The SMILES string of the molecule is CCCC(=O)N1CCN(C(=O)c2cccc(Cl)c2)[C@@H]2CS(=O)(=O)C[C@@H]21. The highest BCUT2D eigenvalue weighted by Crippen LogP contribution is 2.29. The van der Waals surface area contributed by atoms with Crippen LogP contribution in [0.5, 0.6) is 0 Å². The molecule has 1 aromatic rings. The fourth-order valence-corrected chi connectivity index (χ4v) is 5.83. The fourth-order valence-electron chi connectivity index (χ4n) is 3.66. The van der Waals surface area contributed by atoms with E-state index in [1.54, 1.807) is 34.1 Å². The van der Waals surface area contributed by atoms with Crippen molar-refractivity contribution >= 4 is 33.3 Å². The minimum atomic E-state index is -3.28. The van der Waals surface area contributed by atoms with E-state index in [4.69, 9.17) is 11.6 Å². The monoisotopic (exact) mass is 384 g/mol. The summed E-state index contributed by atoms with van der Waals surface area (Å²) in [4.78, 5) is 28.5. The molecule has 2 heterocycles. The average molecular weight is 385 g/mol. The van der Waals surface area contributed by atoms with Gasteiger partial charge < -0.3 is 9.80 Å². The molecular weight excluding hydrogens is 364 g/mol. The molecule has 2 aliphatic rings. The van der Waals surface area contributed by atoms with Gasteiger partial charge in [-0.1, -0.05) is 24.6 Å². The maximum Gasteiger partial charge on any atom is 0.254 e. The summed E-state index contributed by atoms with van der Waals surface area (Å²) >= 11 is 5.96. The third-order valence-electron chi connectivity index (χ3n) is 4.79. The summed E-state index contributed by atoms with van der Waals surface area (Å²) in [6.07, 6.45) is 1.11. The Labute approximate surface area is 152 Å². The molecule has 8 heteroatoms. The number of sulfone groups is 1. The first-order valence-corrected chi connectivity index (χ1v) is 10.6. The first-order valence-electron chi connectivity index (χ1n) is 8.39. The van der Waals surface area contributed by atoms with E-state index >= 15 is 0 Å². The van der Waals surface area contributed by atoms with Crippen molar-refractivity contribution in [1.82, 2.24) is 9.80 Å². The second kappa shape index (κ2) is 6.96. The molecule has 2 fully saturated rings. The normalized spacial score (nSPS) is 24.9. The van der Waals surface area contributed by atoms with Crippen LogP contribution in [-0.2, 0) is 14.6 Å².